The van der Waals surface area contributed by atoms with E-state index < -0.39 is 5.97 Å². The van der Waals surface area contributed by atoms with E-state index in [1.165, 1.54) is 18.4 Å². The van der Waals surface area contributed by atoms with E-state index in [0.717, 1.165) is 19.5 Å². The minimum absolute atomic E-state index is 0.199. The topological polar surface area (TPSA) is 61.9 Å². The standard InChI is InChI=1S/C21H25N3O3/c1-3-16-8-4-7-11-19(16)23-12-14-24(15-13-23)21(26)22-18-10-6-5-9-17(18)20(25)27-2/h4-11H,3,12-15H2,1-2H3,(H,22,26). The van der Waals surface area contributed by atoms with Crippen molar-refractivity contribution in [2.24, 2.45) is 0 Å². The first-order chi connectivity index (χ1) is 13.1. The van der Waals surface area contributed by atoms with Gasteiger partial charge in [-0.15, -0.1) is 0 Å². The van der Waals surface area contributed by atoms with Crippen LogP contribution in [0.1, 0.15) is 22.8 Å². The molecule has 2 aromatic carbocycles. The molecule has 0 radical (unpaired) electrons. The van der Waals surface area contributed by atoms with Gasteiger partial charge in [-0.3, -0.25) is 0 Å². The minimum atomic E-state index is -0.466. The van der Waals surface area contributed by atoms with Crippen LogP contribution in [0.15, 0.2) is 48.5 Å². The Morgan fingerprint density at radius 3 is 2.37 bits per heavy atom. The highest BCUT2D eigenvalue weighted by atomic mass is 16.5. The van der Waals surface area contributed by atoms with Crippen molar-refractivity contribution in [2.45, 2.75) is 13.3 Å². The van der Waals surface area contributed by atoms with Gasteiger partial charge in [-0.25, -0.2) is 9.59 Å². The Hall–Kier alpha value is -3.02. The fourth-order valence-corrected chi connectivity index (χ4v) is 3.34. The molecule has 1 aliphatic rings. The largest absolute Gasteiger partial charge is 0.465 e. The van der Waals surface area contributed by atoms with Crippen molar-refractivity contribution in [2.75, 3.05) is 43.5 Å². The van der Waals surface area contributed by atoms with Crippen molar-refractivity contribution in [3.63, 3.8) is 0 Å². The molecule has 1 aliphatic heterocycles. The van der Waals surface area contributed by atoms with Gasteiger partial charge in [-0.1, -0.05) is 37.3 Å². The maximum absolute atomic E-state index is 12.6. The Kier molecular flexibility index (Phi) is 5.96. The minimum Gasteiger partial charge on any atom is -0.465 e. The number of benzene rings is 2. The fraction of sp³-hybridized carbons (Fsp3) is 0.333. The number of para-hydroxylation sites is 2. The predicted molar refractivity (Wildman–Crippen MR) is 106 cm³/mol. The molecule has 1 saturated heterocycles. The number of anilines is 2. The molecule has 0 aliphatic carbocycles. The molecule has 1 N–H and O–H groups in total. The highest BCUT2D eigenvalue weighted by Crippen LogP contribution is 2.23. The molecule has 6 nitrogen and oxygen atoms in total. The predicted octanol–water partition coefficient (Wildman–Crippen LogP) is 3.39. The molecular weight excluding hydrogens is 342 g/mol. The molecule has 6 heteroatoms. The van der Waals surface area contributed by atoms with Crippen molar-refractivity contribution in [3.8, 4) is 0 Å². The van der Waals surface area contributed by atoms with Crippen LogP contribution in [-0.2, 0) is 11.2 Å². The van der Waals surface area contributed by atoms with Crippen LogP contribution in [0.4, 0.5) is 16.2 Å². The fourth-order valence-electron chi connectivity index (χ4n) is 3.34. The SMILES string of the molecule is CCc1ccccc1N1CCN(C(=O)Nc2ccccc2C(=O)OC)CC1. The first-order valence-electron chi connectivity index (χ1n) is 9.20. The van der Waals surface area contributed by atoms with Crippen LogP contribution in [0.25, 0.3) is 0 Å². The van der Waals surface area contributed by atoms with Gasteiger partial charge in [-0.2, -0.15) is 0 Å². The molecule has 142 valence electrons. The van der Waals surface area contributed by atoms with E-state index in [9.17, 15) is 9.59 Å². The summed E-state index contributed by atoms with van der Waals surface area (Å²) in [6.07, 6.45) is 0.987. The lowest BCUT2D eigenvalue weighted by molar-refractivity contribution is 0.0602. The lowest BCUT2D eigenvalue weighted by atomic mass is 10.1. The van der Waals surface area contributed by atoms with Gasteiger partial charge in [-0.05, 0) is 30.2 Å². The van der Waals surface area contributed by atoms with Crippen LogP contribution in [0.5, 0.6) is 0 Å². The van der Waals surface area contributed by atoms with Gasteiger partial charge in [0.2, 0.25) is 0 Å². The van der Waals surface area contributed by atoms with Gasteiger partial charge in [0, 0.05) is 31.9 Å². The summed E-state index contributed by atoms with van der Waals surface area (Å²) in [4.78, 5) is 28.6. The average molecular weight is 367 g/mol. The number of nitrogens with one attached hydrogen (secondary N) is 1. The first-order valence-corrected chi connectivity index (χ1v) is 9.20. The molecule has 1 heterocycles. The number of ether oxygens (including phenoxy) is 1. The lowest BCUT2D eigenvalue weighted by Crippen LogP contribution is -2.50. The number of aryl methyl sites for hydroxylation is 1. The third-order valence-electron chi connectivity index (χ3n) is 4.85. The summed E-state index contributed by atoms with van der Waals surface area (Å²) in [7, 11) is 1.33. The monoisotopic (exact) mass is 367 g/mol. The highest BCUT2D eigenvalue weighted by molar-refractivity contribution is 6.00. The number of rotatable bonds is 4. The van der Waals surface area contributed by atoms with E-state index in [1.54, 1.807) is 29.2 Å². The molecular formula is C21H25N3O3. The summed E-state index contributed by atoms with van der Waals surface area (Å²) in [5, 5.41) is 2.84. The zero-order chi connectivity index (χ0) is 19.2. The maximum Gasteiger partial charge on any atom is 0.339 e. The number of carbonyl (C=O) groups is 2. The molecule has 0 bridgehead atoms. The van der Waals surface area contributed by atoms with Crippen molar-refractivity contribution in [1.29, 1.82) is 0 Å². The third kappa shape index (κ3) is 4.22. The molecule has 2 aromatic rings. The number of carbonyl (C=O) groups excluding carboxylic acids is 2. The summed E-state index contributed by atoms with van der Waals surface area (Å²) in [5.41, 5.74) is 3.38. The van der Waals surface area contributed by atoms with Crippen LogP contribution < -0.4 is 10.2 Å². The maximum atomic E-state index is 12.6. The van der Waals surface area contributed by atoms with Crippen LogP contribution in [-0.4, -0.2) is 50.2 Å². The van der Waals surface area contributed by atoms with Crippen molar-refractivity contribution in [3.05, 3.63) is 59.7 Å². The summed E-state index contributed by atoms with van der Waals surface area (Å²) < 4.78 is 4.78. The van der Waals surface area contributed by atoms with Crippen LogP contribution in [0, 0.1) is 0 Å². The second-order valence-electron chi connectivity index (χ2n) is 6.42. The first kappa shape index (κ1) is 18.8. The molecule has 0 aromatic heterocycles. The number of urea groups is 1. The zero-order valence-corrected chi connectivity index (χ0v) is 15.8. The summed E-state index contributed by atoms with van der Waals surface area (Å²) in [6.45, 7) is 4.97. The Labute approximate surface area is 159 Å². The molecule has 0 saturated carbocycles. The molecule has 1 fully saturated rings. The molecule has 3 rings (SSSR count). The molecule has 0 atom stereocenters. The van der Waals surface area contributed by atoms with Crippen molar-refractivity contribution >= 4 is 23.4 Å². The number of hydrogen-bond acceptors (Lipinski definition) is 4. The van der Waals surface area contributed by atoms with E-state index >= 15 is 0 Å². The van der Waals surface area contributed by atoms with E-state index in [-0.39, 0.29) is 6.03 Å². The Morgan fingerprint density at radius 1 is 1.00 bits per heavy atom. The Balaban J connectivity index is 1.63. The quantitative estimate of drug-likeness (QED) is 0.842. The molecule has 2 amide bonds. The normalized spacial score (nSPS) is 14.0. The number of piperazine rings is 1. The number of methoxy groups -OCH3 is 1. The van der Waals surface area contributed by atoms with E-state index in [4.69, 9.17) is 4.74 Å². The lowest BCUT2D eigenvalue weighted by Gasteiger charge is -2.37. The summed E-state index contributed by atoms with van der Waals surface area (Å²) in [6, 6.07) is 15.1. The number of nitrogens with zero attached hydrogens (tertiary/aromatic N) is 2. The van der Waals surface area contributed by atoms with Gasteiger partial charge in [0.1, 0.15) is 0 Å². The second-order valence-corrected chi connectivity index (χ2v) is 6.42. The Bertz CT molecular complexity index is 814. The van der Waals surface area contributed by atoms with E-state index in [2.05, 4.69) is 41.4 Å². The van der Waals surface area contributed by atoms with Gasteiger partial charge in [0.25, 0.3) is 0 Å². The summed E-state index contributed by atoms with van der Waals surface area (Å²) in [5.74, 6) is -0.466. The molecule has 0 unspecified atom stereocenters. The average Bonchev–Trinajstić information content (AvgIpc) is 2.73. The second kappa shape index (κ2) is 8.58. The third-order valence-corrected chi connectivity index (χ3v) is 4.85. The van der Waals surface area contributed by atoms with Gasteiger partial charge >= 0.3 is 12.0 Å². The van der Waals surface area contributed by atoms with E-state index in [0.29, 0.717) is 24.3 Å². The number of hydrogen-bond donors (Lipinski definition) is 1. The van der Waals surface area contributed by atoms with Crippen LogP contribution in [0.2, 0.25) is 0 Å². The Morgan fingerprint density at radius 2 is 1.67 bits per heavy atom. The summed E-state index contributed by atoms with van der Waals surface area (Å²) >= 11 is 0. The zero-order valence-electron chi connectivity index (χ0n) is 15.8. The van der Waals surface area contributed by atoms with Crippen LogP contribution in [0.3, 0.4) is 0 Å². The van der Waals surface area contributed by atoms with Crippen LogP contribution >= 0.6 is 0 Å². The van der Waals surface area contributed by atoms with E-state index in [1.807, 2.05) is 0 Å². The van der Waals surface area contributed by atoms with Gasteiger partial charge in [0.15, 0.2) is 0 Å². The highest BCUT2D eigenvalue weighted by Gasteiger charge is 2.23. The smallest absolute Gasteiger partial charge is 0.339 e. The molecule has 27 heavy (non-hydrogen) atoms. The molecule has 0 spiro atoms. The number of amides is 2. The number of esters is 1. The van der Waals surface area contributed by atoms with Crippen molar-refractivity contribution in [1.82, 2.24) is 4.90 Å². The van der Waals surface area contributed by atoms with Gasteiger partial charge in [0.05, 0.1) is 18.4 Å². The van der Waals surface area contributed by atoms with Gasteiger partial charge < -0.3 is 19.9 Å². The van der Waals surface area contributed by atoms with Crippen molar-refractivity contribution < 1.29 is 14.3 Å².